The second-order valence-electron chi connectivity index (χ2n) is 7.01. The number of hydrogen-bond acceptors (Lipinski definition) is 6. The van der Waals surface area contributed by atoms with Crippen molar-refractivity contribution >= 4 is 34.4 Å². The molecule has 1 saturated heterocycles. The molecule has 9 heteroatoms. The van der Waals surface area contributed by atoms with Gasteiger partial charge in [-0.05, 0) is 12.1 Å². The average Bonchev–Trinajstić information content (AvgIpc) is 3.15. The van der Waals surface area contributed by atoms with E-state index in [9.17, 15) is 4.79 Å². The maximum Gasteiger partial charge on any atom is 0.321 e. The smallest absolute Gasteiger partial charge is 0.321 e. The van der Waals surface area contributed by atoms with Crippen molar-refractivity contribution in [3.8, 4) is 11.5 Å². The highest BCUT2D eigenvalue weighted by Gasteiger charge is 2.23. The number of urea groups is 1. The van der Waals surface area contributed by atoms with Gasteiger partial charge >= 0.3 is 6.03 Å². The largest absolute Gasteiger partial charge is 0.497 e. The van der Waals surface area contributed by atoms with E-state index in [4.69, 9.17) is 25.5 Å². The average molecular weight is 431 g/mol. The Balaban J connectivity index is 1.33. The van der Waals surface area contributed by atoms with Crippen LogP contribution >= 0.6 is 11.6 Å². The normalized spacial score (nSPS) is 14.7. The predicted molar refractivity (Wildman–Crippen MR) is 114 cm³/mol. The molecule has 0 spiro atoms. The molecule has 1 aliphatic rings. The fourth-order valence-electron chi connectivity index (χ4n) is 3.40. The SMILES string of the molecule is COc1cc(NC(=O)N2CCN(Cc3nc4ccc(Cl)cc4o3)CC2)cc(OC)c1. The third kappa shape index (κ3) is 4.60. The molecule has 0 saturated carbocycles. The summed E-state index contributed by atoms with van der Waals surface area (Å²) in [6.45, 7) is 3.27. The van der Waals surface area contributed by atoms with Gasteiger partial charge in [0.05, 0.1) is 20.8 Å². The van der Waals surface area contributed by atoms with Crippen molar-refractivity contribution < 1.29 is 18.7 Å². The predicted octanol–water partition coefficient (Wildman–Crippen LogP) is 3.85. The number of rotatable bonds is 5. The molecule has 1 aliphatic heterocycles. The van der Waals surface area contributed by atoms with Crippen molar-refractivity contribution in [1.29, 1.82) is 0 Å². The van der Waals surface area contributed by atoms with Gasteiger partial charge in [-0.15, -0.1) is 0 Å². The molecule has 0 radical (unpaired) electrons. The molecule has 158 valence electrons. The van der Waals surface area contributed by atoms with Crippen molar-refractivity contribution in [2.75, 3.05) is 45.7 Å². The van der Waals surface area contributed by atoms with Crippen LogP contribution in [0.15, 0.2) is 40.8 Å². The van der Waals surface area contributed by atoms with Crippen LogP contribution in [0.25, 0.3) is 11.1 Å². The highest BCUT2D eigenvalue weighted by atomic mass is 35.5. The number of nitrogens with zero attached hydrogens (tertiary/aromatic N) is 3. The summed E-state index contributed by atoms with van der Waals surface area (Å²) in [6.07, 6.45) is 0. The second-order valence-corrected chi connectivity index (χ2v) is 7.45. The van der Waals surface area contributed by atoms with Gasteiger partial charge < -0.3 is 24.1 Å². The van der Waals surface area contributed by atoms with Crippen LogP contribution in [0.5, 0.6) is 11.5 Å². The second kappa shape index (κ2) is 8.81. The number of methoxy groups -OCH3 is 2. The lowest BCUT2D eigenvalue weighted by molar-refractivity contribution is 0.136. The van der Waals surface area contributed by atoms with Crippen LogP contribution in [-0.2, 0) is 6.54 Å². The molecule has 30 heavy (non-hydrogen) atoms. The van der Waals surface area contributed by atoms with E-state index in [0.717, 1.165) is 18.6 Å². The van der Waals surface area contributed by atoms with E-state index in [1.165, 1.54) is 0 Å². The number of amides is 2. The first kappa shape index (κ1) is 20.3. The van der Waals surface area contributed by atoms with Gasteiger partial charge in [-0.1, -0.05) is 11.6 Å². The van der Waals surface area contributed by atoms with Gasteiger partial charge in [0.15, 0.2) is 5.58 Å². The molecule has 2 heterocycles. The third-order valence-corrected chi connectivity index (χ3v) is 5.25. The highest BCUT2D eigenvalue weighted by Crippen LogP contribution is 2.26. The summed E-state index contributed by atoms with van der Waals surface area (Å²) in [7, 11) is 3.15. The van der Waals surface area contributed by atoms with Crippen LogP contribution < -0.4 is 14.8 Å². The zero-order chi connectivity index (χ0) is 21.1. The number of piperazine rings is 1. The van der Waals surface area contributed by atoms with E-state index in [1.807, 2.05) is 6.07 Å². The van der Waals surface area contributed by atoms with Crippen molar-refractivity contribution in [2.45, 2.75) is 6.54 Å². The molecule has 2 aromatic carbocycles. The van der Waals surface area contributed by atoms with Crippen molar-refractivity contribution in [1.82, 2.24) is 14.8 Å². The third-order valence-electron chi connectivity index (χ3n) is 5.02. The number of carbonyl (C=O) groups is 1. The number of fused-ring (bicyclic) bond motifs is 1. The Hall–Kier alpha value is -2.97. The van der Waals surface area contributed by atoms with E-state index in [-0.39, 0.29) is 6.03 Å². The number of nitrogens with one attached hydrogen (secondary N) is 1. The number of oxazole rings is 1. The number of hydrogen-bond donors (Lipinski definition) is 1. The van der Waals surface area contributed by atoms with Crippen LogP contribution in [0, 0.1) is 0 Å². The molecule has 1 N–H and O–H groups in total. The van der Waals surface area contributed by atoms with Gasteiger partial charge in [-0.2, -0.15) is 0 Å². The van der Waals surface area contributed by atoms with E-state index >= 15 is 0 Å². The number of anilines is 1. The van der Waals surface area contributed by atoms with E-state index in [0.29, 0.717) is 53.3 Å². The number of aromatic nitrogens is 1. The molecular formula is C21H23ClN4O4. The Morgan fingerprint density at radius 2 is 1.80 bits per heavy atom. The molecule has 0 unspecified atom stereocenters. The maximum atomic E-state index is 12.7. The minimum Gasteiger partial charge on any atom is -0.497 e. The molecule has 4 rings (SSSR count). The summed E-state index contributed by atoms with van der Waals surface area (Å²) >= 11 is 6.00. The zero-order valence-electron chi connectivity index (χ0n) is 16.9. The molecular weight excluding hydrogens is 408 g/mol. The Morgan fingerprint density at radius 3 is 2.47 bits per heavy atom. The van der Waals surface area contributed by atoms with Gasteiger partial charge in [0.2, 0.25) is 5.89 Å². The Labute approximate surface area is 179 Å². The monoisotopic (exact) mass is 430 g/mol. The minimum atomic E-state index is -0.151. The number of ether oxygens (including phenoxy) is 2. The lowest BCUT2D eigenvalue weighted by Crippen LogP contribution is -2.49. The first-order valence-corrected chi connectivity index (χ1v) is 9.98. The summed E-state index contributed by atoms with van der Waals surface area (Å²) in [4.78, 5) is 21.2. The molecule has 0 aliphatic carbocycles. The van der Waals surface area contributed by atoms with Crippen molar-refractivity contribution in [3.05, 3.63) is 47.3 Å². The summed E-state index contributed by atoms with van der Waals surface area (Å²) < 4.78 is 16.3. The first-order valence-electron chi connectivity index (χ1n) is 9.60. The first-order chi connectivity index (χ1) is 14.5. The topological polar surface area (TPSA) is 80.1 Å². The molecule has 0 atom stereocenters. The summed E-state index contributed by atoms with van der Waals surface area (Å²) in [5, 5.41) is 3.54. The van der Waals surface area contributed by atoms with Gasteiger partial charge in [-0.3, -0.25) is 4.90 Å². The van der Waals surface area contributed by atoms with Crippen molar-refractivity contribution in [2.24, 2.45) is 0 Å². The summed E-state index contributed by atoms with van der Waals surface area (Å²) in [5.41, 5.74) is 2.11. The Kier molecular flexibility index (Phi) is 5.96. The van der Waals surface area contributed by atoms with Gasteiger partial charge in [0, 0.05) is 61.2 Å². The molecule has 2 amide bonds. The number of benzene rings is 2. The van der Waals surface area contributed by atoms with Crippen LogP contribution in [0.1, 0.15) is 5.89 Å². The Bertz CT molecular complexity index is 1020. The molecule has 8 nitrogen and oxygen atoms in total. The van der Waals surface area contributed by atoms with Crippen LogP contribution in [-0.4, -0.2) is 61.2 Å². The molecule has 0 bridgehead atoms. The number of halogens is 1. The summed E-state index contributed by atoms with van der Waals surface area (Å²) in [5.74, 6) is 1.89. The van der Waals surface area contributed by atoms with Gasteiger partial charge in [-0.25, -0.2) is 9.78 Å². The molecule has 3 aromatic rings. The van der Waals surface area contributed by atoms with Gasteiger partial charge in [0.25, 0.3) is 0 Å². The molecule has 1 fully saturated rings. The lowest BCUT2D eigenvalue weighted by Gasteiger charge is -2.34. The van der Waals surface area contributed by atoms with Crippen LogP contribution in [0.4, 0.5) is 10.5 Å². The zero-order valence-corrected chi connectivity index (χ0v) is 17.6. The quantitative estimate of drug-likeness (QED) is 0.662. The fraction of sp³-hybridized carbons (Fsp3) is 0.333. The van der Waals surface area contributed by atoms with Crippen molar-refractivity contribution in [3.63, 3.8) is 0 Å². The number of carbonyl (C=O) groups excluding carboxylic acids is 1. The fourth-order valence-corrected chi connectivity index (χ4v) is 3.56. The lowest BCUT2D eigenvalue weighted by atomic mass is 10.2. The summed E-state index contributed by atoms with van der Waals surface area (Å²) in [6, 6.07) is 10.5. The van der Waals surface area contributed by atoms with E-state index < -0.39 is 0 Å². The maximum absolute atomic E-state index is 12.7. The Morgan fingerprint density at radius 1 is 1.10 bits per heavy atom. The van der Waals surface area contributed by atoms with Gasteiger partial charge in [0.1, 0.15) is 17.0 Å². The molecule has 1 aromatic heterocycles. The van der Waals surface area contributed by atoms with Crippen LogP contribution in [0.3, 0.4) is 0 Å². The highest BCUT2D eigenvalue weighted by molar-refractivity contribution is 6.31. The van der Waals surface area contributed by atoms with E-state index in [1.54, 1.807) is 49.5 Å². The van der Waals surface area contributed by atoms with E-state index in [2.05, 4.69) is 15.2 Å². The standard InChI is InChI=1S/C21H23ClN4O4/c1-28-16-10-15(11-17(12-16)29-2)23-21(27)26-7-5-25(6-8-26)13-20-24-18-4-3-14(22)9-19(18)30-20/h3-4,9-12H,5-8,13H2,1-2H3,(H,23,27). The van der Waals surface area contributed by atoms with Crippen LogP contribution in [0.2, 0.25) is 5.02 Å². The minimum absolute atomic E-state index is 0.151.